The number of nitrogens with zero attached hydrogens (tertiary/aromatic N) is 3. The molecule has 4 rings (SSSR count). The lowest BCUT2D eigenvalue weighted by Gasteiger charge is -2.35. The highest BCUT2D eigenvalue weighted by Crippen LogP contribution is 2.37. The Morgan fingerprint density at radius 3 is 2.65 bits per heavy atom. The van der Waals surface area contributed by atoms with Gasteiger partial charge >= 0.3 is 6.03 Å². The van der Waals surface area contributed by atoms with Crippen LogP contribution in [-0.2, 0) is 0 Å². The second kappa shape index (κ2) is 8.63. The van der Waals surface area contributed by atoms with Gasteiger partial charge in [0.2, 0.25) is 5.82 Å². The molecule has 1 unspecified atom stereocenters. The van der Waals surface area contributed by atoms with Gasteiger partial charge in [-0.1, -0.05) is 54.0 Å². The maximum Gasteiger partial charge on any atom is 0.322 e. The molecular weight excluding hydrogens is 392 g/mol. The first-order valence-electron chi connectivity index (χ1n) is 10.4. The molecule has 0 spiro atoms. The Kier molecular flexibility index (Phi) is 5.75. The molecule has 0 saturated heterocycles. The second-order valence-electron chi connectivity index (χ2n) is 7.60. The molecule has 0 aliphatic carbocycles. The minimum Gasteiger partial charge on any atom is -0.497 e. The predicted molar refractivity (Wildman–Crippen MR) is 118 cm³/mol. The first-order chi connectivity index (χ1) is 15.0. The molecule has 31 heavy (non-hydrogen) atoms. The van der Waals surface area contributed by atoms with Gasteiger partial charge in [0.1, 0.15) is 5.75 Å². The Balaban J connectivity index is 1.80. The molecule has 7 heteroatoms. The number of allylic oxidation sites excluding steroid dienone is 1. The largest absolute Gasteiger partial charge is 0.497 e. The molecule has 2 amide bonds. The van der Waals surface area contributed by atoms with Crippen LogP contribution in [0, 0.1) is 6.92 Å². The van der Waals surface area contributed by atoms with E-state index in [2.05, 4.69) is 15.5 Å². The van der Waals surface area contributed by atoms with E-state index >= 15 is 0 Å². The zero-order valence-corrected chi connectivity index (χ0v) is 18.2. The Morgan fingerprint density at radius 1 is 1.16 bits per heavy atom. The van der Waals surface area contributed by atoms with Crippen LogP contribution in [-0.4, -0.2) is 34.7 Å². The number of rotatable bonds is 6. The normalized spacial score (nSPS) is 16.5. The van der Waals surface area contributed by atoms with Crippen LogP contribution in [0.3, 0.4) is 0 Å². The number of ether oxygens (including phenoxy) is 1. The van der Waals surface area contributed by atoms with Crippen molar-refractivity contribution in [2.24, 2.45) is 0 Å². The van der Waals surface area contributed by atoms with Crippen molar-refractivity contribution in [3.05, 3.63) is 71.2 Å². The van der Waals surface area contributed by atoms with Crippen LogP contribution in [0.4, 0.5) is 4.79 Å². The van der Waals surface area contributed by atoms with Gasteiger partial charge in [0.15, 0.2) is 0 Å². The molecule has 1 N–H and O–H groups in total. The lowest BCUT2D eigenvalue weighted by molar-refractivity contribution is 0.205. The second-order valence-corrected chi connectivity index (χ2v) is 7.60. The molecule has 1 aliphatic heterocycles. The Labute approximate surface area is 181 Å². The van der Waals surface area contributed by atoms with Crippen LogP contribution in [0.1, 0.15) is 43.3 Å². The van der Waals surface area contributed by atoms with Gasteiger partial charge in [-0.25, -0.2) is 4.79 Å². The van der Waals surface area contributed by atoms with Gasteiger partial charge in [-0.05, 0) is 38.0 Å². The zero-order chi connectivity index (χ0) is 22.0. The van der Waals surface area contributed by atoms with Crippen molar-refractivity contribution in [2.45, 2.75) is 33.2 Å². The Hall–Kier alpha value is -3.61. The molecular formula is C24H26N4O3. The highest BCUT2D eigenvalue weighted by atomic mass is 16.5. The van der Waals surface area contributed by atoms with Crippen LogP contribution in [0.25, 0.3) is 17.0 Å². The molecule has 160 valence electrons. The van der Waals surface area contributed by atoms with E-state index in [-0.39, 0.29) is 12.1 Å². The number of hydrogen-bond acceptors (Lipinski definition) is 5. The number of hydrogen-bond donors (Lipinski definition) is 1. The van der Waals surface area contributed by atoms with Crippen molar-refractivity contribution in [3.63, 3.8) is 0 Å². The van der Waals surface area contributed by atoms with E-state index in [1.165, 1.54) is 0 Å². The van der Waals surface area contributed by atoms with Crippen molar-refractivity contribution >= 4 is 11.6 Å². The lowest BCUT2D eigenvalue weighted by atomic mass is 9.94. The average molecular weight is 418 g/mol. The van der Waals surface area contributed by atoms with Gasteiger partial charge < -0.3 is 14.6 Å². The maximum atomic E-state index is 12.8. The highest BCUT2D eigenvalue weighted by molar-refractivity contribution is 5.86. The molecule has 7 nitrogen and oxygen atoms in total. The summed E-state index contributed by atoms with van der Waals surface area (Å²) in [5.74, 6) is 1.58. The summed E-state index contributed by atoms with van der Waals surface area (Å²) in [4.78, 5) is 19.2. The minimum absolute atomic E-state index is 0.124. The number of carbonyl (C=O) groups is 1. The van der Waals surface area contributed by atoms with Crippen LogP contribution in [0.15, 0.2) is 58.8 Å². The molecule has 3 aromatic rings. The van der Waals surface area contributed by atoms with Gasteiger partial charge in [0, 0.05) is 17.8 Å². The SMILES string of the molecule is CCCN1C(=O)NC(c2ccc(C)cc2)C(c2nc(-c3cccc(OC)c3)no2)=C1C. The van der Waals surface area contributed by atoms with E-state index in [0.717, 1.165) is 40.1 Å². The molecule has 2 aromatic carbocycles. The Bertz CT molecular complexity index is 1120. The van der Waals surface area contributed by atoms with Crippen LogP contribution < -0.4 is 10.1 Å². The predicted octanol–water partition coefficient (Wildman–Crippen LogP) is 4.96. The smallest absolute Gasteiger partial charge is 0.322 e. The fraction of sp³-hybridized carbons (Fsp3) is 0.292. The number of benzene rings is 2. The van der Waals surface area contributed by atoms with Crippen LogP contribution >= 0.6 is 0 Å². The van der Waals surface area contributed by atoms with E-state index in [1.54, 1.807) is 12.0 Å². The lowest BCUT2D eigenvalue weighted by Crippen LogP contribution is -2.46. The van der Waals surface area contributed by atoms with Crippen molar-refractivity contribution in [2.75, 3.05) is 13.7 Å². The fourth-order valence-corrected chi connectivity index (χ4v) is 3.77. The van der Waals surface area contributed by atoms with Gasteiger partial charge in [-0.15, -0.1) is 0 Å². The number of methoxy groups -OCH3 is 1. The number of carbonyl (C=O) groups excluding carboxylic acids is 1. The van der Waals surface area contributed by atoms with Gasteiger partial charge in [-0.2, -0.15) is 4.98 Å². The molecule has 1 aliphatic rings. The number of amides is 2. The summed E-state index contributed by atoms with van der Waals surface area (Å²) in [7, 11) is 1.62. The summed E-state index contributed by atoms with van der Waals surface area (Å²) < 4.78 is 11.0. The average Bonchev–Trinajstić information content (AvgIpc) is 3.26. The first-order valence-corrected chi connectivity index (χ1v) is 10.4. The van der Waals surface area contributed by atoms with Crippen LogP contribution in [0.5, 0.6) is 5.75 Å². The van der Waals surface area contributed by atoms with E-state index in [1.807, 2.05) is 69.3 Å². The summed E-state index contributed by atoms with van der Waals surface area (Å²) in [6.45, 7) is 6.62. The zero-order valence-electron chi connectivity index (χ0n) is 18.2. The Morgan fingerprint density at radius 2 is 1.94 bits per heavy atom. The summed E-state index contributed by atoms with van der Waals surface area (Å²) in [5, 5.41) is 7.31. The molecule has 1 aromatic heterocycles. The molecule has 2 heterocycles. The third-order valence-electron chi connectivity index (χ3n) is 5.44. The van der Waals surface area contributed by atoms with Crippen molar-refractivity contribution in [3.8, 4) is 17.1 Å². The number of urea groups is 1. The number of aryl methyl sites for hydroxylation is 1. The van der Waals surface area contributed by atoms with E-state index in [0.29, 0.717) is 18.3 Å². The molecule has 0 radical (unpaired) electrons. The maximum absolute atomic E-state index is 12.8. The van der Waals surface area contributed by atoms with Gasteiger partial charge in [-0.3, -0.25) is 4.90 Å². The minimum atomic E-state index is -0.375. The third-order valence-corrected chi connectivity index (χ3v) is 5.44. The monoisotopic (exact) mass is 418 g/mol. The quantitative estimate of drug-likeness (QED) is 0.612. The summed E-state index contributed by atoms with van der Waals surface area (Å²) in [5.41, 5.74) is 4.53. The number of aromatic nitrogens is 2. The standard InChI is InChI=1S/C24H26N4O3/c1-5-13-28-16(3)20(21(25-24(28)29)17-11-9-15(2)10-12-17)23-26-22(27-31-23)18-7-6-8-19(14-18)30-4/h6-12,14,21H,5,13H2,1-4H3,(H,25,29). The van der Waals surface area contributed by atoms with Crippen molar-refractivity contribution in [1.82, 2.24) is 20.4 Å². The summed E-state index contributed by atoms with van der Waals surface area (Å²) in [6.07, 6.45) is 0.839. The molecule has 0 fully saturated rings. The van der Waals surface area contributed by atoms with E-state index in [9.17, 15) is 4.79 Å². The molecule has 0 bridgehead atoms. The van der Waals surface area contributed by atoms with Gasteiger partial charge in [0.05, 0.1) is 18.7 Å². The number of nitrogens with one attached hydrogen (secondary N) is 1. The fourth-order valence-electron chi connectivity index (χ4n) is 3.77. The third kappa shape index (κ3) is 4.03. The summed E-state index contributed by atoms with van der Waals surface area (Å²) >= 11 is 0. The molecule has 0 saturated carbocycles. The molecule has 1 atom stereocenters. The first kappa shape index (κ1) is 20.7. The van der Waals surface area contributed by atoms with E-state index < -0.39 is 0 Å². The van der Waals surface area contributed by atoms with Crippen molar-refractivity contribution in [1.29, 1.82) is 0 Å². The summed E-state index contributed by atoms with van der Waals surface area (Å²) in [6, 6.07) is 15.1. The topological polar surface area (TPSA) is 80.5 Å². The van der Waals surface area contributed by atoms with Crippen LogP contribution in [0.2, 0.25) is 0 Å². The van der Waals surface area contributed by atoms with Gasteiger partial charge in [0.25, 0.3) is 5.89 Å². The van der Waals surface area contributed by atoms with E-state index in [4.69, 9.17) is 9.26 Å². The van der Waals surface area contributed by atoms with Crippen molar-refractivity contribution < 1.29 is 14.1 Å². The highest BCUT2D eigenvalue weighted by Gasteiger charge is 2.35.